The molecule has 0 radical (unpaired) electrons. The third kappa shape index (κ3) is 3.44. The van der Waals surface area contributed by atoms with Crippen LogP contribution in [0.1, 0.15) is 19.3 Å². The Bertz CT molecular complexity index is 590. The highest BCUT2D eigenvalue weighted by molar-refractivity contribution is 6.32. The van der Waals surface area contributed by atoms with Gasteiger partial charge >= 0.3 is 5.97 Å². The molecule has 0 saturated heterocycles. The number of anilines is 1. The van der Waals surface area contributed by atoms with E-state index in [9.17, 15) is 9.59 Å². The second-order valence-electron chi connectivity index (χ2n) is 5.22. The van der Waals surface area contributed by atoms with Gasteiger partial charge in [-0.25, -0.2) is 0 Å². The second-order valence-corrected chi connectivity index (χ2v) is 5.63. The zero-order valence-electron chi connectivity index (χ0n) is 12.4. The number of carbonyl (C=O) groups excluding carboxylic acids is 1. The molecule has 1 saturated carbocycles. The third-order valence-corrected chi connectivity index (χ3v) is 4.18. The first-order valence-electron chi connectivity index (χ1n) is 6.91. The molecule has 1 fully saturated rings. The van der Waals surface area contributed by atoms with Gasteiger partial charge in [0.2, 0.25) is 5.91 Å². The van der Waals surface area contributed by atoms with Crippen LogP contribution in [-0.2, 0) is 9.59 Å². The molecular weight excluding hydrogens is 310 g/mol. The predicted molar refractivity (Wildman–Crippen MR) is 81.7 cm³/mol. The molecule has 2 rings (SSSR count). The van der Waals surface area contributed by atoms with Crippen molar-refractivity contribution >= 4 is 29.2 Å². The lowest BCUT2D eigenvalue weighted by molar-refractivity contribution is -0.141. The first-order valence-corrected chi connectivity index (χ1v) is 7.29. The number of benzene rings is 1. The Balaban J connectivity index is 2.13. The summed E-state index contributed by atoms with van der Waals surface area (Å²) in [5, 5.41) is 12.1. The summed E-state index contributed by atoms with van der Waals surface area (Å²) >= 11 is 6.01. The van der Waals surface area contributed by atoms with Gasteiger partial charge in [0.1, 0.15) is 11.5 Å². The number of ether oxygens (including phenoxy) is 2. The fourth-order valence-corrected chi connectivity index (χ4v) is 2.87. The smallest absolute Gasteiger partial charge is 0.306 e. The van der Waals surface area contributed by atoms with Gasteiger partial charge in [-0.1, -0.05) is 11.6 Å². The van der Waals surface area contributed by atoms with Gasteiger partial charge in [0.25, 0.3) is 0 Å². The van der Waals surface area contributed by atoms with Crippen molar-refractivity contribution in [1.29, 1.82) is 0 Å². The molecule has 120 valence electrons. The molecule has 0 aliphatic heterocycles. The number of carboxylic acid groups (broad SMARTS) is 1. The van der Waals surface area contributed by atoms with Crippen molar-refractivity contribution in [2.45, 2.75) is 19.3 Å². The van der Waals surface area contributed by atoms with E-state index in [1.165, 1.54) is 14.2 Å². The van der Waals surface area contributed by atoms with E-state index < -0.39 is 11.9 Å². The van der Waals surface area contributed by atoms with E-state index in [4.69, 9.17) is 26.2 Å². The highest BCUT2D eigenvalue weighted by atomic mass is 35.5. The first kappa shape index (κ1) is 16.4. The minimum atomic E-state index is -0.846. The Kier molecular flexibility index (Phi) is 5.13. The van der Waals surface area contributed by atoms with Crippen molar-refractivity contribution in [3.63, 3.8) is 0 Å². The van der Waals surface area contributed by atoms with Crippen molar-refractivity contribution < 1.29 is 24.2 Å². The van der Waals surface area contributed by atoms with E-state index in [0.29, 0.717) is 41.5 Å². The molecule has 1 aromatic carbocycles. The lowest BCUT2D eigenvalue weighted by atomic mass is 10.0. The van der Waals surface area contributed by atoms with Crippen LogP contribution in [0, 0.1) is 11.8 Å². The molecule has 0 spiro atoms. The Morgan fingerprint density at radius 3 is 2.36 bits per heavy atom. The summed E-state index contributed by atoms with van der Waals surface area (Å²) in [6, 6.07) is 3.15. The Morgan fingerprint density at radius 2 is 1.82 bits per heavy atom. The summed E-state index contributed by atoms with van der Waals surface area (Å²) in [4.78, 5) is 23.3. The van der Waals surface area contributed by atoms with Gasteiger partial charge < -0.3 is 19.9 Å². The summed E-state index contributed by atoms with van der Waals surface area (Å²) in [5.74, 6) is -0.975. The molecular formula is C15H18ClNO5. The normalized spacial score (nSPS) is 20.5. The van der Waals surface area contributed by atoms with Crippen LogP contribution in [0.3, 0.4) is 0 Å². The maximum absolute atomic E-state index is 12.3. The maximum Gasteiger partial charge on any atom is 0.306 e. The number of hydrogen-bond donors (Lipinski definition) is 2. The summed E-state index contributed by atoms with van der Waals surface area (Å²) in [5.41, 5.74) is 0.451. The fourth-order valence-electron chi connectivity index (χ4n) is 2.64. The van der Waals surface area contributed by atoms with Gasteiger partial charge in [-0.3, -0.25) is 9.59 Å². The molecule has 22 heavy (non-hydrogen) atoms. The molecule has 0 bridgehead atoms. The zero-order chi connectivity index (χ0) is 16.3. The van der Waals surface area contributed by atoms with Gasteiger partial charge in [0.15, 0.2) is 0 Å². The number of nitrogens with one attached hydrogen (secondary N) is 1. The van der Waals surface area contributed by atoms with Gasteiger partial charge in [-0.2, -0.15) is 0 Å². The van der Waals surface area contributed by atoms with Gasteiger partial charge in [-0.05, 0) is 19.3 Å². The highest BCUT2D eigenvalue weighted by Gasteiger charge is 2.34. The second kappa shape index (κ2) is 6.87. The van der Waals surface area contributed by atoms with Crippen molar-refractivity contribution in [1.82, 2.24) is 0 Å². The zero-order valence-corrected chi connectivity index (χ0v) is 13.1. The summed E-state index contributed by atoms with van der Waals surface area (Å²) in [6.45, 7) is 0. The standard InChI is InChI=1S/C15H18ClNO5/c1-21-12-7-11(13(22-2)6-10(12)16)17-14(18)8-3-4-9(5-8)15(19)20/h6-9H,3-5H2,1-2H3,(H,17,18)(H,19,20)/t8-,9+/m1/s1. The third-order valence-electron chi connectivity index (χ3n) is 3.88. The van der Waals surface area contributed by atoms with E-state index in [0.717, 1.165) is 0 Å². The number of methoxy groups -OCH3 is 2. The monoisotopic (exact) mass is 327 g/mol. The van der Waals surface area contributed by atoms with E-state index in [1.54, 1.807) is 12.1 Å². The first-order chi connectivity index (χ1) is 10.5. The van der Waals surface area contributed by atoms with Crippen molar-refractivity contribution in [2.24, 2.45) is 11.8 Å². The molecule has 2 atom stereocenters. The number of amides is 1. The maximum atomic E-state index is 12.3. The SMILES string of the molecule is COc1cc(NC(=O)[C@@H]2CC[C@H](C(=O)O)C2)c(OC)cc1Cl. The van der Waals surface area contributed by atoms with Crippen LogP contribution in [0.25, 0.3) is 0 Å². The largest absolute Gasteiger partial charge is 0.495 e. The van der Waals surface area contributed by atoms with Gasteiger partial charge in [0.05, 0.1) is 30.8 Å². The van der Waals surface area contributed by atoms with Crippen LogP contribution in [-0.4, -0.2) is 31.2 Å². The number of halogens is 1. The number of carbonyl (C=O) groups is 2. The highest BCUT2D eigenvalue weighted by Crippen LogP contribution is 2.37. The van der Waals surface area contributed by atoms with Crippen molar-refractivity contribution in [3.8, 4) is 11.5 Å². The minimum absolute atomic E-state index is 0.216. The van der Waals surface area contributed by atoms with E-state index in [2.05, 4.69) is 5.32 Å². The van der Waals surface area contributed by atoms with E-state index in [-0.39, 0.29) is 11.8 Å². The predicted octanol–water partition coefficient (Wildman–Crippen LogP) is 2.80. The van der Waals surface area contributed by atoms with Crippen LogP contribution in [0.2, 0.25) is 5.02 Å². The van der Waals surface area contributed by atoms with Gasteiger partial charge in [-0.15, -0.1) is 0 Å². The molecule has 6 nitrogen and oxygen atoms in total. The number of hydrogen-bond acceptors (Lipinski definition) is 4. The van der Waals surface area contributed by atoms with E-state index >= 15 is 0 Å². The summed E-state index contributed by atoms with van der Waals surface area (Å²) in [6.07, 6.45) is 1.44. The molecule has 7 heteroatoms. The topological polar surface area (TPSA) is 84.9 Å². The molecule has 1 aliphatic rings. The quantitative estimate of drug-likeness (QED) is 0.868. The minimum Gasteiger partial charge on any atom is -0.495 e. The Hall–Kier alpha value is -1.95. The lowest BCUT2D eigenvalue weighted by Gasteiger charge is -2.15. The number of carboxylic acids is 1. The molecule has 0 aromatic heterocycles. The van der Waals surface area contributed by atoms with Crippen LogP contribution in [0.4, 0.5) is 5.69 Å². The van der Waals surface area contributed by atoms with E-state index in [1.807, 2.05) is 0 Å². The van der Waals surface area contributed by atoms with Gasteiger partial charge in [0, 0.05) is 18.1 Å². The van der Waals surface area contributed by atoms with Crippen LogP contribution >= 0.6 is 11.6 Å². The van der Waals surface area contributed by atoms with Crippen molar-refractivity contribution in [2.75, 3.05) is 19.5 Å². The molecule has 0 heterocycles. The lowest BCUT2D eigenvalue weighted by Crippen LogP contribution is -2.22. The van der Waals surface area contributed by atoms with Crippen LogP contribution < -0.4 is 14.8 Å². The summed E-state index contributed by atoms with van der Waals surface area (Å²) < 4.78 is 10.3. The fraction of sp³-hybridized carbons (Fsp3) is 0.467. The summed E-state index contributed by atoms with van der Waals surface area (Å²) in [7, 11) is 2.96. The molecule has 2 N–H and O–H groups in total. The number of rotatable bonds is 5. The van der Waals surface area contributed by atoms with Crippen molar-refractivity contribution in [3.05, 3.63) is 17.2 Å². The van der Waals surface area contributed by atoms with Crippen LogP contribution in [0.5, 0.6) is 11.5 Å². The molecule has 0 unspecified atom stereocenters. The Labute approximate surface area is 133 Å². The molecule has 1 aromatic rings. The average molecular weight is 328 g/mol. The Morgan fingerprint density at radius 1 is 1.18 bits per heavy atom. The molecule has 1 aliphatic carbocycles. The van der Waals surface area contributed by atoms with Crippen LogP contribution in [0.15, 0.2) is 12.1 Å². The molecule has 1 amide bonds. The number of aliphatic carboxylic acids is 1. The average Bonchev–Trinajstić information content (AvgIpc) is 2.98.